The molecule has 1 amide bonds. The van der Waals surface area contributed by atoms with Crippen molar-refractivity contribution < 1.29 is 14.3 Å². The Bertz CT molecular complexity index is 1070. The normalized spacial score (nSPS) is 11.7. The Morgan fingerprint density at radius 3 is 2.62 bits per heavy atom. The number of hydrogen-bond donors (Lipinski definition) is 3. The summed E-state index contributed by atoms with van der Waals surface area (Å²) in [5, 5.41) is 3.53. The lowest BCUT2D eigenvalue weighted by molar-refractivity contribution is -0.147. The van der Waals surface area contributed by atoms with Crippen molar-refractivity contribution in [2.75, 3.05) is 6.61 Å². The van der Waals surface area contributed by atoms with E-state index in [1.54, 1.807) is 0 Å². The second-order valence-electron chi connectivity index (χ2n) is 6.38. The number of amides is 1. The number of aromatic nitrogens is 1. The topological polar surface area (TPSA) is 110 Å². The minimum atomic E-state index is -0.495. The fraction of sp³-hybridized carbons (Fsp3) is 0.136. The van der Waals surface area contributed by atoms with E-state index in [1.807, 2.05) is 61.5 Å². The van der Waals surface area contributed by atoms with Crippen LogP contribution in [0, 0.1) is 6.92 Å². The molecule has 3 rings (SSSR count). The first-order chi connectivity index (χ1) is 14.1. The second-order valence-corrected chi connectivity index (χ2v) is 6.38. The Labute approximate surface area is 168 Å². The number of H-pyrrole nitrogens is 1. The maximum absolute atomic E-state index is 12.2. The van der Waals surface area contributed by atoms with Crippen LogP contribution < -0.4 is 11.1 Å². The molecule has 7 nitrogen and oxygen atoms in total. The Hall–Kier alpha value is -3.87. The fourth-order valence-electron chi connectivity index (χ4n) is 2.88. The molecule has 1 heterocycles. The van der Waals surface area contributed by atoms with Crippen molar-refractivity contribution in [3.05, 3.63) is 77.8 Å². The molecule has 0 bridgehead atoms. The highest BCUT2D eigenvalue weighted by molar-refractivity contribution is 5.91. The van der Waals surface area contributed by atoms with Gasteiger partial charge in [-0.15, -0.1) is 0 Å². The Kier molecular flexibility index (Phi) is 6.42. The van der Waals surface area contributed by atoms with Gasteiger partial charge in [0.15, 0.2) is 6.61 Å². The van der Waals surface area contributed by atoms with Crippen LogP contribution in [-0.4, -0.2) is 29.7 Å². The number of carbonyl (C=O) groups excluding carboxylic acids is 2. The quantitative estimate of drug-likeness (QED) is 0.426. The highest BCUT2D eigenvalue weighted by Gasteiger charge is 2.14. The summed E-state index contributed by atoms with van der Waals surface area (Å²) in [6.07, 6.45) is 2.74. The van der Waals surface area contributed by atoms with E-state index < -0.39 is 18.5 Å². The number of nitrogens with zero attached hydrogens (tertiary/aromatic N) is 1. The first-order valence-electron chi connectivity index (χ1n) is 9.09. The number of aryl methyl sites for hydroxylation is 1. The molecule has 3 aromatic rings. The van der Waals surface area contributed by atoms with Crippen molar-refractivity contribution in [2.45, 2.75) is 13.3 Å². The standard InChI is InChI=1S/C22H22N4O3/c1-15-19(18-9-5-6-10-20(18)25-15)11-22(28)29-14-21(27)26-17(12-23)13-24-16-7-3-2-4-8-16/h2-10,12-13,25H,11,14,23H2,1H3,(H,26,27). The molecular formula is C22H22N4O3. The average Bonchev–Trinajstić information content (AvgIpc) is 3.05. The molecule has 148 valence electrons. The van der Waals surface area contributed by atoms with E-state index in [1.165, 1.54) is 12.4 Å². The number of hydrogen-bond acceptors (Lipinski definition) is 5. The van der Waals surface area contributed by atoms with E-state index in [9.17, 15) is 9.59 Å². The van der Waals surface area contributed by atoms with Crippen LogP contribution in [0.2, 0.25) is 0 Å². The summed E-state index contributed by atoms with van der Waals surface area (Å²) < 4.78 is 5.11. The summed E-state index contributed by atoms with van der Waals surface area (Å²) in [5.74, 6) is -0.977. The summed E-state index contributed by atoms with van der Waals surface area (Å²) >= 11 is 0. The molecule has 0 radical (unpaired) electrons. The highest BCUT2D eigenvalue weighted by Crippen LogP contribution is 2.22. The van der Waals surface area contributed by atoms with Crippen LogP contribution in [0.15, 0.2) is 71.5 Å². The number of benzene rings is 2. The van der Waals surface area contributed by atoms with E-state index in [0.29, 0.717) is 5.70 Å². The number of rotatable bonds is 7. The number of allylic oxidation sites excluding steroid dienone is 1. The lowest BCUT2D eigenvalue weighted by Gasteiger charge is -2.07. The van der Waals surface area contributed by atoms with Gasteiger partial charge in [0.25, 0.3) is 5.91 Å². The first-order valence-corrected chi connectivity index (χ1v) is 9.09. The van der Waals surface area contributed by atoms with Crippen LogP contribution in [0.3, 0.4) is 0 Å². The minimum Gasteiger partial charge on any atom is -0.455 e. The highest BCUT2D eigenvalue weighted by atomic mass is 16.5. The molecule has 29 heavy (non-hydrogen) atoms. The van der Waals surface area contributed by atoms with E-state index in [0.717, 1.165) is 27.8 Å². The largest absolute Gasteiger partial charge is 0.455 e. The fourth-order valence-corrected chi connectivity index (χ4v) is 2.88. The number of para-hydroxylation sites is 2. The second kappa shape index (κ2) is 9.36. The molecule has 1 aromatic heterocycles. The summed E-state index contributed by atoms with van der Waals surface area (Å²) in [7, 11) is 0. The lowest BCUT2D eigenvalue weighted by atomic mass is 10.1. The zero-order valence-corrected chi connectivity index (χ0v) is 16.0. The maximum atomic E-state index is 12.2. The van der Waals surface area contributed by atoms with Gasteiger partial charge in [-0.3, -0.25) is 14.6 Å². The van der Waals surface area contributed by atoms with Crippen molar-refractivity contribution in [3.63, 3.8) is 0 Å². The number of fused-ring (bicyclic) bond motifs is 1. The monoisotopic (exact) mass is 390 g/mol. The van der Waals surface area contributed by atoms with Gasteiger partial charge in [0, 0.05) is 22.8 Å². The van der Waals surface area contributed by atoms with E-state index in [2.05, 4.69) is 15.3 Å². The number of ether oxygens (including phenoxy) is 1. The summed E-state index contributed by atoms with van der Waals surface area (Å²) in [6.45, 7) is 1.50. The Balaban J connectivity index is 1.52. The zero-order valence-electron chi connectivity index (χ0n) is 16.0. The molecule has 7 heteroatoms. The van der Waals surface area contributed by atoms with Gasteiger partial charge in [-0.2, -0.15) is 0 Å². The molecule has 0 aliphatic rings. The first kappa shape index (κ1) is 19.9. The van der Waals surface area contributed by atoms with Gasteiger partial charge in [0.05, 0.1) is 24.0 Å². The van der Waals surface area contributed by atoms with Crippen molar-refractivity contribution in [1.29, 1.82) is 0 Å². The smallest absolute Gasteiger partial charge is 0.310 e. The molecule has 4 N–H and O–H groups in total. The van der Waals surface area contributed by atoms with Gasteiger partial charge < -0.3 is 20.8 Å². The molecule has 0 atom stereocenters. The third-order valence-corrected chi connectivity index (χ3v) is 4.28. The summed E-state index contributed by atoms with van der Waals surface area (Å²) in [5.41, 5.74) is 9.28. The van der Waals surface area contributed by atoms with Gasteiger partial charge >= 0.3 is 5.97 Å². The molecule has 2 aromatic carbocycles. The predicted molar refractivity (Wildman–Crippen MR) is 113 cm³/mol. The van der Waals surface area contributed by atoms with E-state index in [4.69, 9.17) is 10.5 Å². The predicted octanol–water partition coefficient (Wildman–Crippen LogP) is 2.88. The van der Waals surface area contributed by atoms with Gasteiger partial charge in [-0.05, 0) is 30.7 Å². The number of esters is 1. The van der Waals surface area contributed by atoms with Gasteiger partial charge in [0.2, 0.25) is 0 Å². The Morgan fingerprint density at radius 1 is 1.14 bits per heavy atom. The van der Waals surface area contributed by atoms with Crippen LogP contribution >= 0.6 is 0 Å². The third kappa shape index (κ3) is 5.32. The van der Waals surface area contributed by atoms with Crippen LogP contribution in [0.5, 0.6) is 0 Å². The molecule has 0 unspecified atom stereocenters. The lowest BCUT2D eigenvalue weighted by Crippen LogP contribution is -2.29. The van der Waals surface area contributed by atoms with Crippen LogP contribution in [-0.2, 0) is 20.7 Å². The molecular weight excluding hydrogens is 368 g/mol. The summed E-state index contributed by atoms with van der Waals surface area (Å²) in [4.78, 5) is 31.7. The molecule has 0 saturated heterocycles. The average molecular weight is 390 g/mol. The summed E-state index contributed by atoms with van der Waals surface area (Å²) in [6, 6.07) is 17.0. The SMILES string of the molecule is Cc1[nH]c2ccccc2c1CC(=O)OCC(=O)NC(C=Nc1ccccc1)=CN. The molecule has 0 aliphatic carbocycles. The van der Waals surface area contributed by atoms with Crippen LogP contribution in [0.1, 0.15) is 11.3 Å². The van der Waals surface area contributed by atoms with Crippen molar-refractivity contribution >= 4 is 34.7 Å². The van der Waals surface area contributed by atoms with Gasteiger partial charge in [0.1, 0.15) is 0 Å². The van der Waals surface area contributed by atoms with Gasteiger partial charge in [-0.1, -0.05) is 36.4 Å². The van der Waals surface area contributed by atoms with Crippen molar-refractivity contribution in [3.8, 4) is 0 Å². The zero-order chi connectivity index (χ0) is 20.6. The number of aromatic amines is 1. The number of nitrogens with two attached hydrogens (primary N) is 1. The number of nitrogens with one attached hydrogen (secondary N) is 2. The van der Waals surface area contributed by atoms with Gasteiger partial charge in [-0.25, -0.2) is 0 Å². The number of carbonyl (C=O) groups is 2. The Morgan fingerprint density at radius 2 is 1.86 bits per heavy atom. The van der Waals surface area contributed by atoms with Crippen LogP contribution in [0.25, 0.3) is 10.9 Å². The van der Waals surface area contributed by atoms with Crippen molar-refractivity contribution in [2.24, 2.45) is 10.7 Å². The van der Waals surface area contributed by atoms with Crippen molar-refractivity contribution in [1.82, 2.24) is 10.3 Å². The van der Waals surface area contributed by atoms with E-state index >= 15 is 0 Å². The molecule has 0 spiro atoms. The third-order valence-electron chi connectivity index (χ3n) is 4.28. The molecule has 0 saturated carbocycles. The van der Waals surface area contributed by atoms with Crippen LogP contribution in [0.4, 0.5) is 5.69 Å². The molecule has 0 fully saturated rings. The minimum absolute atomic E-state index is 0.0815. The molecule has 0 aliphatic heterocycles. The maximum Gasteiger partial charge on any atom is 0.310 e. The van der Waals surface area contributed by atoms with E-state index in [-0.39, 0.29) is 6.42 Å². The number of aliphatic imine (C=N–C) groups is 1.